The van der Waals surface area contributed by atoms with Crippen LogP contribution in [0.2, 0.25) is 0 Å². The van der Waals surface area contributed by atoms with Crippen molar-refractivity contribution in [1.29, 1.82) is 0 Å². The van der Waals surface area contributed by atoms with Crippen molar-refractivity contribution in [3.63, 3.8) is 0 Å². The second-order valence-corrected chi connectivity index (χ2v) is 3.88. The van der Waals surface area contributed by atoms with E-state index < -0.39 is 0 Å². The molecule has 0 spiro atoms. The summed E-state index contributed by atoms with van der Waals surface area (Å²) in [5, 5.41) is 2.75. The molecule has 0 saturated carbocycles. The van der Waals surface area contributed by atoms with Crippen molar-refractivity contribution >= 4 is 10.8 Å². The van der Waals surface area contributed by atoms with Crippen molar-refractivity contribution < 1.29 is 0 Å². The van der Waals surface area contributed by atoms with Crippen molar-refractivity contribution in [2.24, 2.45) is 0 Å². The van der Waals surface area contributed by atoms with Gasteiger partial charge >= 0.3 is 0 Å². The SMILES string of the molecule is CCCc1cc(C)c2ccccc2c1. The summed E-state index contributed by atoms with van der Waals surface area (Å²) in [5.41, 5.74) is 2.86. The van der Waals surface area contributed by atoms with E-state index >= 15 is 0 Å². The van der Waals surface area contributed by atoms with Gasteiger partial charge in [-0.3, -0.25) is 0 Å². The molecule has 0 bridgehead atoms. The molecule has 0 N–H and O–H groups in total. The third-order valence-electron chi connectivity index (χ3n) is 2.67. The summed E-state index contributed by atoms with van der Waals surface area (Å²) in [6, 6.07) is 13.2. The average Bonchev–Trinajstić information content (AvgIpc) is 2.18. The number of hydrogen-bond donors (Lipinski definition) is 0. The molecule has 0 saturated heterocycles. The number of aryl methyl sites for hydroxylation is 2. The van der Waals surface area contributed by atoms with Crippen LogP contribution in [0, 0.1) is 6.92 Å². The smallest absolute Gasteiger partial charge is 0.0155 e. The molecule has 0 heterocycles. The fourth-order valence-corrected chi connectivity index (χ4v) is 2.01. The Morgan fingerprint density at radius 2 is 1.86 bits per heavy atom. The Balaban J connectivity index is 2.60. The highest BCUT2D eigenvalue weighted by Gasteiger charge is 1.99. The monoisotopic (exact) mass is 184 g/mol. The third kappa shape index (κ3) is 1.65. The molecular weight excluding hydrogens is 168 g/mol. The standard InChI is InChI=1S/C14H16/c1-3-6-12-9-11(2)14-8-5-4-7-13(14)10-12/h4-5,7-10H,3,6H2,1-2H3. The maximum absolute atomic E-state index is 2.31. The molecular formula is C14H16. The van der Waals surface area contributed by atoms with Gasteiger partial charge in [0.15, 0.2) is 0 Å². The van der Waals surface area contributed by atoms with Gasteiger partial charge in [0.2, 0.25) is 0 Å². The Labute approximate surface area is 85.6 Å². The van der Waals surface area contributed by atoms with Gasteiger partial charge in [-0.15, -0.1) is 0 Å². The Hall–Kier alpha value is -1.30. The highest BCUT2D eigenvalue weighted by Crippen LogP contribution is 2.20. The van der Waals surface area contributed by atoms with Gasteiger partial charge in [-0.05, 0) is 35.2 Å². The van der Waals surface area contributed by atoms with Crippen LogP contribution in [0.3, 0.4) is 0 Å². The van der Waals surface area contributed by atoms with Crippen molar-refractivity contribution in [1.82, 2.24) is 0 Å². The molecule has 0 unspecified atom stereocenters. The van der Waals surface area contributed by atoms with Gasteiger partial charge in [-0.25, -0.2) is 0 Å². The van der Waals surface area contributed by atoms with Gasteiger partial charge in [0, 0.05) is 0 Å². The van der Waals surface area contributed by atoms with E-state index in [9.17, 15) is 0 Å². The summed E-state index contributed by atoms with van der Waals surface area (Å²) in [5.74, 6) is 0. The van der Waals surface area contributed by atoms with E-state index in [4.69, 9.17) is 0 Å². The third-order valence-corrected chi connectivity index (χ3v) is 2.67. The molecule has 0 heteroatoms. The van der Waals surface area contributed by atoms with Crippen LogP contribution in [0.1, 0.15) is 24.5 Å². The first kappa shape index (κ1) is 9.26. The summed E-state index contributed by atoms with van der Waals surface area (Å²) < 4.78 is 0. The van der Waals surface area contributed by atoms with Crippen LogP contribution in [-0.2, 0) is 6.42 Å². The lowest BCUT2D eigenvalue weighted by Gasteiger charge is -2.05. The summed E-state index contributed by atoms with van der Waals surface area (Å²) >= 11 is 0. The van der Waals surface area contributed by atoms with Crippen molar-refractivity contribution in [2.45, 2.75) is 26.7 Å². The maximum Gasteiger partial charge on any atom is -0.0155 e. The maximum atomic E-state index is 2.31. The molecule has 0 aromatic heterocycles. The second kappa shape index (κ2) is 3.83. The zero-order valence-electron chi connectivity index (χ0n) is 8.88. The largest absolute Gasteiger partial charge is 0.0651 e. The Morgan fingerprint density at radius 3 is 2.64 bits per heavy atom. The predicted octanol–water partition coefficient (Wildman–Crippen LogP) is 4.10. The normalized spacial score (nSPS) is 10.7. The molecule has 14 heavy (non-hydrogen) atoms. The predicted molar refractivity (Wildman–Crippen MR) is 62.7 cm³/mol. The molecule has 2 aromatic rings. The molecule has 72 valence electrons. The summed E-state index contributed by atoms with van der Waals surface area (Å²) in [6.45, 7) is 4.42. The highest BCUT2D eigenvalue weighted by molar-refractivity contribution is 5.86. The Morgan fingerprint density at radius 1 is 1.07 bits per heavy atom. The van der Waals surface area contributed by atoms with Crippen LogP contribution in [0.5, 0.6) is 0 Å². The van der Waals surface area contributed by atoms with Crippen molar-refractivity contribution in [2.75, 3.05) is 0 Å². The molecule has 0 aliphatic carbocycles. The van der Waals surface area contributed by atoms with E-state index in [-0.39, 0.29) is 0 Å². The highest BCUT2D eigenvalue weighted by atomic mass is 14.0. The summed E-state index contributed by atoms with van der Waals surface area (Å²) in [6.07, 6.45) is 2.41. The second-order valence-electron chi connectivity index (χ2n) is 3.88. The fourth-order valence-electron chi connectivity index (χ4n) is 2.01. The molecule has 0 atom stereocenters. The summed E-state index contributed by atoms with van der Waals surface area (Å²) in [4.78, 5) is 0. The van der Waals surface area contributed by atoms with Crippen LogP contribution in [0.15, 0.2) is 36.4 Å². The zero-order chi connectivity index (χ0) is 9.97. The zero-order valence-corrected chi connectivity index (χ0v) is 8.88. The van der Waals surface area contributed by atoms with E-state index in [0.717, 1.165) is 0 Å². The first-order valence-corrected chi connectivity index (χ1v) is 5.29. The minimum absolute atomic E-state index is 1.19. The Kier molecular flexibility index (Phi) is 2.53. The number of hydrogen-bond acceptors (Lipinski definition) is 0. The van der Waals surface area contributed by atoms with Crippen LogP contribution in [-0.4, -0.2) is 0 Å². The lowest BCUT2D eigenvalue weighted by molar-refractivity contribution is 0.922. The van der Waals surface area contributed by atoms with Gasteiger partial charge in [0.05, 0.1) is 0 Å². The molecule has 0 radical (unpaired) electrons. The number of fused-ring (bicyclic) bond motifs is 1. The van der Waals surface area contributed by atoms with E-state index in [1.165, 1.54) is 34.7 Å². The minimum atomic E-state index is 1.19. The van der Waals surface area contributed by atoms with Crippen LogP contribution < -0.4 is 0 Å². The van der Waals surface area contributed by atoms with Gasteiger partial charge in [0.25, 0.3) is 0 Å². The van der Waals surface area contributed by atoms with E-state index in [0.29, 0.717) is 0 Å². The van der Waals surface area contributed by atoms with E-state index in [2.05, 4.69) is 50.2 Å². The van der Waals surface area contributed by atoms with Gasteiger partial charge in [-0.2, -0.15) is 0 Å². The van der Waals surface area contributed by atoms with Crippen molar-refractivity contribution in [3.8, 4) is 0 Å². The van der Waals surface area contributed by atoms with Crippen LogP contribution >= 0.6 is 0 Å². The lowest BCUT2D eigenvalue weighted by Crippen LogP contribution is -1.86. The fraction of sp³-hybridized carbons (Fsp3) is 0.286. The molecule has 0 aliphatic heterocycles. The lowest BCUT2D eigenvalue weighted by atomic mass is 10.00. The van der Waals surface area contributed by atoms with Gasteiger partial charge < -0.3 is 0 Å². The molecule has 0 fully saturated rings. The quantitative estimate of drug-likeness (QED) is 0.659. The van der Waals surface area contributed by atoms with E-state index in [1.807, 2.05) is 0 Å². The van der Waals surface area contributed by atoms with Crippen molar-refractivity contribution in [3.05, 3.63) is 47.5 Å². The van der Waals surface area contributed by atoms with Gasteiger partial charge in [0.1, 0.15) is 0 Å². The van der Waals surface area contributed by atoms with Crippen LogP contribution in [0.4, 0.5) is 0 Å². The Bertz CT molecular complexity index is 441. The van der Waals surface area contributed by atoms with Gasteiger partial charge in [-0.1, -0.05) is 49.7 Å². The van der Waals surface area contributed by atoms with Crippen LogP contribution in [0.25, 0.3) is 10.8 Å². The van der Waals surface area contributed by atoms with E-state index in [1.54, 1.807) is 0 Å². The first-order valence-electron chi connectivity index (χ1n) is 5.29. The number of benzene rings is 2. The molecule has 0 aliphatic rings. The average molecular weight is 184 g/mol. The minimum Gasteiger partial charge on any atom is -0.0651 e. The number of rotatable bonds is 2. The molecule has 2 aromatic carbocycles. The molecule has 2 rings (SSSR count). The first-order chi connectivity index (χ1) is 6.81. The topological polar surface area (TPSA) is 0 Å². The molecule has 0 amide bonds. The summed E-state index contributed by atoms with van der Waals surface area (Å²) in [7, 11) is 0. The molecule has 0 nitrogen and oxygen atoms in total.